The van der Waals surface area contributed by atoms with Crippen molar-refractivity contribution < 1.29 is 64.2 Å². The number of aromatic amines is 2. The molecule has 0 radical (unpaired) electrons. The van der Waals surface area contributed by atoms with Crippen LogP contribution >= 0.6 is 57.0 Å². The van der Waals surface area contributed by atoms with Crippen LogP contribution in [0.25, 0.3) is 21.8 Å². The second kappa shape index (κ2) is 37.3. The summed E-state index contributed by atoms with van der Waals surface area (Å²) < 4.78 is 65.8. The van der Waals surface area contributed by atoms with Crippen LogP contribution in [-0.4, -0.2) is 187 Å². The van der Waals surface area contributed by atoms with E-state index >= 15 is 0 Å². The van der Waals surface area contributed by atoms with Crippen molar-refractivity contribution in [2.24, 2.45) is 11.8 Å². The Morgan fingerprint density at radius 2 is 1.26 bits per heavy atom. The van der Waals surface area contributed by atoms with Crippen molar-refractivity contribution in [3.63, 3.8) is 0 Å². The van der Waals surface area contributed by atoms with Gasteiger partial charge in [0.1, 0.15) is 52.7 Å². The number of fused-ring (bicyclic) bond motifs is 2. The molecule has 572 valence electrons. The average molecular weight is 1550 g/mol. The number of carbonyl (C=O) groups excluding carboxylic acids is 2. The molecule has 2 amide bonds. The van der Waals surface area contributed by atoms with E-state index in [1.807, 2.05) is 25.1 Å². The number of ether oxygens (including phenoxy) is 3. The lowest BCUT2D eigenvalue weighted by molar-refractivity contribution is -0.151. The van der Waals surface area contributed by atoms with Gasteiger partial charge in [-0.3, -0.25) is 28.4 Å². The monoisotopic (exact) mass is 1540 g/mol. The van der Waals surface area contributed by atoms with Crippen molar-refractivity contribution in [3.05, 3.63) is 197 Å². The maximum Gasteiger partial charge on any atom is 0.334 e. The molecule has 2 aromatic heterocycles. The normalized spacial score (nSPS) is 17.3. The number of piperidine rings is 4. The molecule has 2 atom stereocenters. The fourth-order valence-electron chi connectivity index (χ4n) is 13.7. The quantitative estimate of drug-likeness (QED) is 0.0311. The third kappa shape index (κ3) is 22.2. The van der Waals surface area contributed by atoms with Gasteiger partial charge >= 0.3 is 17.7 Å². The van der Waals surface area contributed by atoms with Crippen LogP contribution in [0, 0.1) is 30.4 Å². The molecule has 6 aromatic carbocycles. The number of aliphatic carboxylic acids is 1. The summed E-state index contributed by atoms with van der Waals surface area (Å²) in [5.74, 6) is 1.30. The molecule has 12 rings (SSSR count). The van der Waals surface area contributed by atoms with E-state index in [-0.39, 0.29) is 64.7 Å². The average Bonchev–Trinajstić information content (AvgIpc) is 1.59. The molecule has 21 nitrogen and oxygen atoms in total. The predicted octanol–water partition coefficient (Wildman–Crippen LogP) is 14.9. The molecule has 0 aliphatic carbocycles. The van der Waals surface area contributed by atoms with E-state index in [0.717, 1.165) is 163 Å². The highest BCUT2D eigenvalue weighted by Gasteiger charge is 2.42. The number of hydrogen-bond donors (Lipinski definition) is 7. The van der Waals surface area contributed by atoms with Gasteiger partial charge in [-0.05, 0) is 193 Å². The number of para-hydroxylation sites is 2. The zero-order chi connectivity index (χ0) is 73.5. The van der Waals surface area contributed by atoms with Gasteiger partial charge in [0.05, 0.1) is 41.6 Å². The van der Waals surface area contributed by atoms with E-state index in [9.17, 15) is 47.0 Å². The minimum absolute atomic E-state index is 0. The summed E-state index contributed by atoms with van der Waals surface area (Å²) >= 11 is 24.0. The molecule has 9 N–H and O–H groups in total. The number of nitrogens with zero attached hydrogens (tertiary/aromatic N) is 5. The maximum atomic E-state index is 13.3. The number of H-pyrrole nitrogens is 2. The van der Waals surface area contributed by atoms with Gasteiger partial charge in [-0.2, -0.15) is 10.6 Å². The number of hydrogen-bond acceptors (Lipinski definition) is 14. The van der Waals surface area contributed by atoms with Crippen molar-refractivity contribution >= 4 is 96.7 Å². The number of likely N-dealkylation sites (tertiary alicyclic amines) is 4. The third-order valence-electron chi connectivity index (χ3n) is 19.6. The Morgan fingerprint density at radius 1 is 0.683 bits per heavy atom. The zero-order valence-electron chi connectivity index (χ0n) is 58.8. The molecule has 0 saturated carbocycles. The Morgan fingerprint density at radius 3 is 1.85 bits per heavy atom. The molecular formula is C76H103Cl4F2N9O12S. The second-order valence-electron chi connectivity index (χ2n) is 27.5. The Labute approximate surface area is 633 Å². The summed E-state index contributed by atoms with van der Waals surface area (Å²) in [5.41, 5.74) is 1.40. The standard InChI is InChI=1S/C28H36F2N2O3.C26H31Cl2N3O5S.C22H24Cl2N4O3.H2O.5H2/c1-20-17-24(30)7-8-26(20)35-25-11-13-31(14-12-25)19-22-9-15-32(16-10-22)28(2,27(33)34)18-21-3-5-23(29)6-4-21;1-16(15-31-9-7-17(8-10-31)36-18-3-6-23(27)24(28)11-18)13-29-26(33)22-14-30-25(32)21-12-19(37(2,34)35)4-5-20(21)22;23-17-7-6-16(14-18(17)24)31-15-8-12-27(13-9-15)11-3-10-25-21(29)28-20-5-2-1-4-19(20)26-22(28)30;;;;;;/h3-8,17,22,25H,9-16,18-19H2,1-2H3,(H,33,34);3-6,11-12,14,16-17,34-35H,7-10,13,15H2,1-2H3,(H,29,33)(H,30,32);1-2,4-7,14-15H,3,8-13H2,(H,25,29)(H,26,30);1H2;5*1H/t28-;16-;;;;;;;/m01......./s1. The largest absolute Gasteiger partial charge is 0.490 e. The third-order valence-corrected chi connectivity index (χ3v) is 22.3. The van der Waals surface area contributed by atoms with E-state index < -0.39 is 39.4 Å². The van der Waals surface area contributed by atoms with Crippen LogP contribution in [-0.2, 0) is 11.2 Å². The number of carboxylic acid groups (broad SMARTS) is 1. The van der Waals surface area contributed by atoms with Crippen LogP contribution in [0.3, 0.4) is 0 Å². The van der Waals surface area contributed by atoms with Crippen LogP contribution in [0.5, 0.6) is 17.2 Å². The highest BCUT2D eigenvalue weighted by Crippen LogP contribution is 2.45. The molecule has 4 aliphatic rings. The number of carboxylic acids is 1. The molecule has 6 heterocycles. The molecule has 28 heteroatoms. The van der Waals surface area contributed by atoms with Gasteiger partial charge in [0.2, 0.25) is 0 Å². The van der Waals surface area contributed by atoms with Crippen molar-refractivity contribution in [2.45, 2.75) is 114 Å². The fraction of sp³-hybridized carbons (Fsp3) is 0.434. The molecule has 8 aromatic rings. The first-order valence-corrected chi connectivity index (χ1v) is 38.4. The lowest BCUT2D eigenvalue weighted by Crippen LogP contribution is -2.57. The minimum Gasteiger partial charge on any atom is -0.490 e. The molecule has 0 spiro atoms. The SMILES string of the molecule is C[C@H](CNC(=O)c1c[nH]c(=O)c2cc(S(C)(O)O)ccc12)CN1CCC(Oc2ccc(Cl)c(Cl)c2)CC1.Cc1cc(F)ccc1OC1CCN(CC2CCN([C@@](C)(Cc3ccc(F)cc3)C(=O)O)CC2)CC1.O.O=C(NCCCN1CCC(Oc2ccc(Cl)c(Cl)c2)CC1)n1c(=O)[nH]c2ccccc21.[HH].[HH].[HH].[HH].[HH]. The number of aryl methyl sites for hydroxylation is 1. The maximum absolute atomic E-state index is 13.3. The lowest BCUT2D eigenvalue weighted by atomic mass is 9.86. The predicted molar refractivity (Wildman–Crippen MR) is 418 cm³/mol. The first-order chi connectivity index (χ1) is 49.2. The molecule has 4 fully saturated rings. The number of imidazole rings is 1. The van der Waals surface area contributed by atoms with Gasteiger partial charge in [-0.15, -0.1) is 0 Å². The van der Waals surface area contributed by atoms with E-state index in [1.165, 1.54) is 48.9 Å². The van der Waals surface area contributed by atoms with E-state index in [0.29, 0.717) is 67.5 Å². The van der Waals surface area contributed by atoms with Gasteiger partial charge in [0, 0.05) is 114 Å². The summed E-state index contributed by atoms with van der Waals surface area (Å²) in [4.78, 5) is 76.8. The van der Waals surface area contributed by atoms with Gasteiger partial charge in [0.15, 0.2) is 0 Å². The van der Waals surface area contributed by atoms with Crippen LogP contribution < -0.4 is 36.1 Å². The lowest BCUT2D eigenvalue weighted by Gasteiger charge is -2.43. The number of aromatic nitrogens is 3. The Kier molecular flexibility index (Phi) is 29.0. The van der Waals surface area contributed by atoms with Crippen molar-refractivity contribution in [2.75, 3.05) is 91.3 Å². The number of pyridine rings is 1. The van der Waals surface area contributed by atoms with Crippen molar-refractivity contribution in [1.82, 2.24) is 44.8 Å². The van der Waals surface area contributed by atoms with Crippen LogP contribution in [0.15, 0.2) is 142 Å². The molecule has 0 unspecified atom stereocenters. The number of benzene rings is 6. The molecule has 4 saturated heterocycles. The number of rotatable bonds is 22. The van der Waals surface area contributed by atoms with E-state index in [2.05, 4.69) is 47.1 Å². The zero-order valence-corrected chi connectivity index (χ0v) is 62.6. The summed E-state index contributed by atoms with van der Waals surface area (Å²) in [7, 11) is -2.98. The summed E-state index contributed by atoms with van der Waals surface area (Å²) in [5, 5.41) is 18.5. The number of amides is 2. The topological polar surface area (TPSA) is 279 Å². The van der Waals surface area contributed by atoms with Crippen LogP contribution in [0.4, 0.5) is 13.6 Å². The van der Waals surface area contributed by atoms with Crippen LogP contribution in [0.2, 0.25) is 20.1 Å². The highest BCUT2D eigenvalue weighted by molar-refractivity contribution is 8.23. The van der Waals surface area contributed by atoms with E-state index in [4.69, 9.17) is 60.6 Å². The van der Waals surface area contributed by atoms with Gasteiger partial charge in [0.25, 0.3) is 11.5 Å². The number of nitrogens with one attached hydrogen (secondary N) is 4. The first kappa shape index (κ1) is 80.8. The molecule has 4 aliphatic heterocycles. The van der Waals surface area contributed by atoms with Gasteiger partial charge in [-0.25, -0.2) is 22.9 Å². The Hall–Kier alpha value is -7.30. The summed E-state index contributed by atoms with van der Waals surface area (Å²) in [6.07, 6.45) is 11.8. The summed E-state index contributed by atoms with van der Waals surface area (Å²) in [6, 6.07) is 32.7. The Bertz CT molecular complexity index is 4360. The van der Waals surface area contributed by atoms with Crippen molar-refractivity contribution in [3.8, 4) is 17.2 Å². The van der Waals surface area contributed by atoms with E-state index in [1.54, 1.807) is 73.7 Å². The molecular weight excluding hydrogens is 1440 g/mol. The smallest absolute Gasteiger partial charge is 0.334 e. The van der Waals surface area contributed by atoms with Crippen LogP contribution in [0.1, 0.15) is 100 Å². The Balaban J connectivity index is 0.000000337. The molecule has 0 bridgehead atoms. The van der Waals surface area contributed by atoms with Crippen molar-refractivity contribution in [1.29, 1.82) is 0 Å². The van der Waals surface area contributed by atoms with Gasteiger partial charge in [-0.1, -0.05) is 83.7 Å². The number of carbonyl (C=O) groups is 3. The summed E-state index contributed by atoms with van der Waals surface area (Å²) in [6.45, 7) is 16.6. The molecule has 104 heavy (non-hydrogen) atoms. The fourth-order valence-corrected chi connectivity index (χ4v) is 15.0. The minimum atomic E-state index is -2.98. The first-order valence-electron chi connectivity index (χ1n) is 35.0. The second-order valence-corrected chi connectivity index (χ2v) is 31.3. The highest BCUT2D eigenvalue weighted by atomic mass is 35.5. The number of halogens is 6. The van der Waals surface area contributed by atoms with Gasteiger partial charge < -0.3 is 60.1 Å².